The molecule has 0 atom stereocenters. The van der Waals surface area contributed by atoms with Crippen molar-refractivity contribution < 1.29 is 18.7 Å². The van der Waals surface area contributed by atoms with Gasteiger partial charge in [-0.15, -0.1) is 0 Å². The maximum absolute atomic E-state index is 13.1. The van der Waals surface area contributed by atoms with Crippen LogP contribution in [-0.4, -0.2) is 36.6 Å². The number of nitrogens with one attached hydrogen (secondary N) is 2. The molecule has 4 rings (SSSR count). The van der Waals surface area contributed by atoms with Crippen LogP contribution in [0.5, 0.6) is 0 Å². The number of hydrogen-bond donors (Lipinski definition) is 2. The molecule has 0 spiro atoms. The summed E-state index contributed by atoms with van der Waals surface area (Å²) < 4.78 is 20.2. The number of ether oxygens (including phenoxy) is 1. The van der Waals surface area contributed by atoms with E-state index in [2.05, 4.69) is 42.7 Å². The summed E-state index contributed by atoms with van der Waals surface area (Å²) in [5.41, 5.74) is 6.23. The normalized spacial score (nSPS) is 11.0. The molecule has 7 heteroatoms. The number of carbonyl (C=O) groups is 2. The number of nitrogens with zero attached hydrogens (tertiary/aromatic N) is 1. The van der Waals surface area contributed by atoms with E-state index in [0.717, 1.165) is 33.2 Å². The van der Waals surface area contributed by atoms with Crippen molar-refractivity contribution in [3.05, 3.63) is 100 Å². The highest BCUT2D eigenvalue weighted by molar-refractivity contribution is 6.01. The monoisotopic (exact) mass is 487 g/mol. The van der Waals surface area contributed by atoms with E-state index in [-0.39, 0.29) is 24.1 Å². The van der Waals surface area contributed by atoms with Crippen molar-refractivity contribution in [2.75, 3.05) is 25.6 Å². The van der Waals surface area contributed by atoms with Crippen LogP contribution in [0.4, 0.5) is 10.1 Å². The van der Waals surface area contributed by atoms with Crippen LogP contribution >= 0.6 is 0 Å². The first-order valence-electron chi connectivity index (χ1n) is 11.8. The van der Waals surface area contributed by atoms with Gasteiger partial charge in [-0.25, -0.2) is 4.39 Å². The first-order valence-corrected chi connectivity index (χ1v) is 11.8. The van der Waals surface area contributed by atoms with Crippen molar-refractivity contribution >= 4 is 28.4 Å². The number of anilines is 1. The average molecular weight is 488 g/mol. The number of rotatable bonds is 9. The van der Waals surface area contributed by atoms with Gasteiger partial charge >= 0.3 is 0 Å². The molecule has 186 valence electrons. The Morgan fingerprint density at radius 1 is 0.972 bits per heavy atom. The minimum absolute atomic E-state index is 0.138. The number of methoxy groups -OCH3 is 1. The van der Waals surface area contributed by atoms with Gasteiger partial charge in [-0.1, -0.05) is 35.9 Å². The van der Waals surface area contributed by atoms with E-state index in [0.29, 0.717) is 31.1 Å². The standard InChI is InChI=1S/C29H30FN3O3/c1-19-4-5-20(2)23(14-19)18-33-26-11-10-25(32-28(34)15-21-6-8-24(30)9-7-21)16-22(26)17-27(33)29(35)31-12-13-36-3/h4-11,14,16-17H,12-13,15,18H2,1-3H3,(H,31,35)(H,32,34). The lowest BCUT2D eigenvalue weighted by Gasteiger charge is -2.14. The van der Waals surface area contributed by atoms with Gasteiger partial charge in [-0.2, -0.15) is 0 Å². The Morgan fingerprint density at radius 3 is 2.50 bits per heavy atom. The Kier molecular flexibility index (Phi) is 7.80. The van der Waals surface area contributed by atoms with Crippen LogP contribution in [0.3, 0.4) is 0 Å². The molecule has 3 aromatic carbocycles. The third-order valence-electron chi connectivity index (χ3n) is 6.12. The fraction of sp³-hybridized carbons (Fsp3) is 0.241. The number of amides is 2. The van der Waals surface area contributed by atoms with Crippen LogP contribution in [0, 0.1) is 19.7 Å². The summed E-state index contributed by atoms with van der Waals surface area (Å²) >= 11 is 0. The van der Waals surface area contributed by atoms with E-state index in [1.807, 2.05) is 28.8 Å². The third-order valence-corrected chi connectivity index (χ3v) is 6.12. The van der Waals surface area contributed by atoms with Gasteiger partial charge < -0.3 is 19.9 Å². The Bertz CT molecular complexity index is 1390. The fourth-order valence-electron chi connectivity index (χ4n) is 4.20. The number of aromatic nitrogens is 1. The number of halogens is 1. The molecule has 1 aromatic heterocycles. The number of hydrogen-bond acceptors (Lipinski definition) is 3. The molecule has 0 aliphatic rings. The third kappa shape index (κ3) is 5.98. The van der Waals surface area contributed by atoms with Crippen molar-refractivity contribution in [2.45, 2.75) is 26.8 Å². The van der Waals surface area contributed by atoms with E-state index in [1.54, 1.807) is 19.2 Å². The summed E-state index contributed by atoms with van der Waals surface area (Å²) in [5, 5.41) is 6.66. The van der Waals surface area contributed by atoms with Gasteiger partial charge in [0.05, 0.1) is 13.0 Å². The number of fused-ring (bicyclic) bond motifs is 1. The molecular formula is C29H30FN3O3. The van der Waals surface area contributed by atoms with Gasteiger partial charge in [0.1, 0.15) is 11.5 Å². The molecule has 0 bridgehead atoms. The zero-order chi connectivity index (χ0) is 25.7. The maximum atomic E-state index is 13.1. The van der Waals surface area contributed by atoms with Gasteiger partial charge in [-0.05, 0) is 66.9 Å². The Morgan fingerprint density at radius 2 is 1.75 bits per heavy atom. The van der Waals surface area contributed by atoms with Crippen molar-refractivity contribution in [2.24, 2.45) is 0 Å². The zero-order valence-corrected chi connectivity index (χ0v) is 20.7. The topological polar surface area (TPSA) is 72.4 Å². The Balaban J connectivity index is 1.63. The second kappa shape index (κ2) is 11.2. The van der Waals surface area contributed by atoms with E-state index in [1.165, 1.54) is 12.1 Å². The molecule has 36 heavy (non-hydrogen) atoms. The molecule has 4 aromatic rings. The number of carbonyl (C=O) groups excluding carboxylic acids is 2. The highest BCUT2D eigenvalue weighted by Crippen LogP contribution is 2.26. The first kappa shape index (κ1) is 25.1. The molecule has 0 aliphatic heterocycles. The lowest BCUT2D eigenvalue weighted by molar-refractivity contribution is -0.115. The Labute approximate surface area is 210 Å². The van der Waals surface area contributed by atoms with Crippen LogP contribution in [0.15, 0.2) is 66.7 Å². The Hall–Kier alpha value is -3.97. The summed E-state index contributed by atoms with van der Waals surface area (Å²) in [5.74, 6) is -0.721. The molecule has 2 amide bonds. The van der Waals surface area contributed by atoms with E-state index < -0.39 is 0 Å². The van der Waals surface area contributed by atoms with Gasteiger partial charge in [0, 0.05) is 36.8 Å². The molecule has 0 saturated carbocycles. The van der Waals surface area contributed by atoms with Gasteiger partial charge in [0.25, 0.3) is 5.91 Å². The van der Waals surface area contributed by atoms with Crippen LogP contribution in [0.25, 0.3) is 10.9 Å². The summed E-state index contributed by atoms with van der Waals surface area (Å²) in [6.07, 6.45) is 0.138. The predicted molar refractivity (Wildman–Crippen MR) is 140 cm³/mol. The minimum Gasteiger partial charge on any atom is -0.383 e. The minimum atomic E-state index is -0.336. The van der Waals surface area contributed by atoms with Gasteiger partial charge in [0.15, 0.2) is 0 Å². The van der Waals surface area contributed by atoms with Gasteiger partial charge in [-0.3, -0.25) is 9.59 Å². The quantitative estimate of drug-likeness (QED) is 0.326. The summed E-state index contributed by atoms with van der Waals surface area (Å²) in [6.45, 7) is 5.49. The highest BCUT2D eigenvalue weighted by Gasteiger charge is 2.17. The molecule has 2 N–H and O–H groups in total. The lowest BCUT2D eigenvalue weighted by atomic mass is 10.1. The molecule has 1 heterocycles. The molecule has 0 radical (unpaired) electrons. The smallest absolute Gasteiger partial charge is 0.268 e. The van der Waals surface area contributed by atoms with Gasteiger partial charge in [0.2, 0.25) is 5.91 Å². The molecule has 6 nitrogen and oxygen atoms in total. The fourth-order valence-corrected chi connectivity index (χ4v) is 4.20. The van der Waals surface area contributed by atoms with E-state index in [9.17, 15) is 14.0 Å². The predicted octanol–water partition coefficient (Wildman–Crippen LogP) is 5.00. The highest BCUT2D eigenvalue weighted by atomic mass is 19.1. The van der Waals surface area contributed by atoms with E-state index >= 15 is 0 Å². The first-order chi connectivity index (χ1) is 17.3. The largest absolute Gasteiger partial charge is 0.383 e. The number of benzene rings is 3. The zero-order valence-electron chi connectivity index (χ0n) is 20.7. The average Bonchev–Trinajstić information content (AvgIpc) is 3.20. The summed E-state index contributed by atoms with van der Waals surface area (Å²) in [4.78, 5) is 25.6. The van der Waals surface area contributed by atoms with Crippen molar-refractivity contribution in [3.8, 4) is 0 Å². The number of aryl methyl sites for hydroxylation is 2. The molecule has 0 aliphatic carbocycles. The van der Waals surface area contributed by atoms with Crippen LogP contribution in [0.1, 0.15) is 32.7 Å². The lowest BCUT2D eigenvalue weighted by Crippen LogP contribution is -2.29. The van der Waals surface area contributed by atoms with Crippen LogP contribution in [-0.2, 0) is 22.5 Å². The van der Waals surface area contributed by atoms with Crippen molar-refractivity contribution in [3.63, 3.8) is 0 Å². The van der Waals surface area contributed by atoms with Crippen LogP contribution < -0.4 is 10.6 Å². The molecule has 0 unspecified atom stereocenters. The maximum Gasteiger partial charge on any atom is 0.268 e. The second-order valence-corrected chi connectivity index (χ2v) is 8.92. The van der Waals surface area contributed by atoms with E-state index in [4.69, 9.17) is 4.74 Å². The second-order valence-electron chi connectivity index (χ2n) is 8.92. The van der Waals surface area contributed by atoms with Crippen molar-refractivity contribution in [1.29, 1.82) is 0 Å². The van der Waals surface area contributed by atoms with Crippen LogP contribution in [0.2, 0.25) is 0 Å². The van der Waals surface area contributed by atoms with Crippen molar-refractivity contribution in [1.82, 2.24) is 9.88 Å². The molecule has 0 fully saturated rings. The summed E-state index contributed by atoms with van der Waals surface area (Å²) in [7, 11) is 1.59. The molecule has 0 saturated heterocycles. The SMILES string of the molecule is COCCNC(=O)c1cc2cc(NC(=O)Cc3ccc(F)cc3)ccc2n1Cc1cc(C)ccc1C. The molecular weight excluding hydrogens is 457 g/mol. The summed E-state index contributed by atoms with van der Waals surface area (Å²) in [6, 6.07) is 19.6.